The second-order valence-electron chi connectivity index (χ2n) is 6.39. The van der Waals surface area contributed by atoms with Crippen LogP contribution in [0.3, 0.4) is 0 Å². The first-order chi connectivity index (χ1) is 13.0. The molecule has 0 saturated carbocycles. The minimum Gasteiger partial charge on any atom is -0.459 e. The molecule has 3 rings (SSSR count). The monoisotopic (exact) mass is 392 g/mol. The Morgan fingerprint density at radius 3 is 2.59 bits per heavy atom. The second-order valence-corrected chi connectivity index (χ2v) is 8.48. The van der Waals surface area contributed by atoms with E-state index in [4.69, 9.17) is 4.42 Å². The molecule has 1 amide bonds. The molecule has 0 unspecified atom stereocenters. The lowest BCUT2D eigenvalue weighted by Gasteiger charge is -2.34. The van der Waals surface area contributed by atoms with Crippen molar-refractivity contribution in [2.24, 2.45) is 0 Å². The highest BCUT2D eigenvalue weighted by Crippen LogP contribution is 2.18. The number of sulfonamides is 1. The Morgan fingerprint density at radius 2 is 2.00 bits per heavy atom. The number of unbranched alkanes of at least 4 members (excludes halogenated alkanes) is 1. The topological polar surface area (TPSA) is 95.8 Å². The summed E-state index contributed by atoms with van der Waals surface area (Å²) in [5.41, 5.74) is 0.570. The molecule has 1 N–H and O–H groups in total. The average Bonchev–Trinajstić information content (AvgIpc) is 3.22. The largest absolute Gasteiger partial charge is 0.459 e. The third-order valence-corrected chi connectivity index (χ3v) is 6.42. The average molecular weight is 392 g/mol. The lowest BCUT2D eigenvalue weighted by Crippen LogP contribution is -2.49. The van der Waals surface area contributed by atoms with Crippen LogP contribution in [-0.2, 0) is 10.0 Å². The molecule has 0 atom stereocenters. The van der Waals surface area contributed by atoms with Crippen molar-refractivity contribution >= 4 is 27.4 Å². The zero-order valence-electron chi connectivity index (χ0n) is 15.3. The van der Waals surface area contributed by atoms with E-state index in [9.17, 15) is 13.2 Å². The van der Waals surface area contributed by atoms with Gasteiger partial charge in [-0.15, -0.1) is 0 Å². The van der Waals surface area contributed by atoms with Gasteiger partial charge < -0.3 is 14.6 Å². The Balaban J connectivity index is 1.55. The van der Waals surface area contributed by atoms with E-state index in [-0.39, 0.29) is 17.4 Å². The fraction of sp³-hybridized carbons (Fsp3) is 0.444. The summed E-state index contributed by atoms with van der Waals surface area (Å²) in [6, 6.07) is 6.83. The van der Waals surface area contributed by atoms with Gasteiger partial charge >= 0.3 is 0 Å². The SMILES string of the molecule is CCCCS(=O)(=O)N1CCN(c2ccc(NC(=O)c3ccco3)cn2)CC1. The summed E-state index contributed by atoms with van der Waals surface area (Å²) in [5, 5.41) is 2.72. The summed E-state index contributed by atoms with van der Waals surface area (Å²) in [6.45, 7) is 4.10. The third kappa shape index (κ3) is 4.86. The van der Waals surface area contributed by atoms with E-state index in [2.05, 4.69) is 10.3 Å². The van der Waals surface area contributed by atoms with Crippen molar-refractivity contribution in [3.05, 3.63) is 42.5 Å². The zero-order chi connectivity index (χ0) is 19.3. The maximum Gasteiger partial charge on any atom is 0.291 e. The van der Waals surface area contributed by atoms with E-state index in [0.717, 1.165) is 12.2 Å². The van der Waals surface area contributed by atoms with Crippen LogP contribution in [-0.4, -0.2) is 55.5 Å². The summed E-state index contributed by atoms with van der Waals surface area (Å²) in [7, 11) is -3.16. The maximum atomic E-state index is 12.3. The summed E-state index contributed by atoms with van der Waals surface area (Å²) >= 11 is 0. The van der Waals surface area contributed by atoms with Crippen LogP contribution in [0.15, 0.2) is 41.1 Å². The molecule has 0 radical (unpaired) electrons. The number of nitrogens with one attached hydrogen (secondary N) is 1. The Hall–Kier alpha value is -2.39. The quantitative estimate of drug-likeness (QED) is 0.776. The van der Waals surface area contributed by atoms with Crippen LogP contribution in [0.4, 0.5) is 11.5 Å². The van der Waals surface area contributed by atoms with Crippen molar-refractivity contribution in [1.29, 1.82) is 0 Å². The van der Waals surface area contributed by atoms with Crippen LogP contribution < -0.4 is 10.2 Å². The molecule has 27 heavy (non-hydrogen) atoms. The van der Waals surface area contributed by atoms with Crippen LogP contribution in [0.5, 0.6) is 0 Å². The highest BCUT2D eigenvalue weighted by atomic mass is 32.2. The molecule has 0 spiro atoms. The van der Waals surface area contributed by atoms with Crippen LogP contribution in [0.25, 0.3) is 0 Å². The molecule has 2 aromatic heterocycles. The summed E-state index contributed by atoms with van der Waals surface area (Å²) in [4.78, 5) is 18.4. The number of anilines is 2. The fourth-order valence-electron chi connectivity index (χ4n) is 2.90. The molecule has 1 aliphatic heterocycles. The molecule has 0 bridgehead atoms. The van der Waals surface area contributed by atoms with Gasteiger partial charge in [-0.2, -0.15) is 4.31 Å². The van der Waals surface area contributed by atoms with Gasteiger partial charge in [0.1, 0.15) is 5.82 Å². The number of rotatable bonds is 7. The number of pyridine rings is 1. The van der Waals surface area contributed by atoms with Crippen molar-refractivity contribution in [2.75, 3.05) is 42.1 Å². The molecule has 9 heteroatoms. The molecule has 2 aromatic rings. The molecule has 1 saturated heterocycles. The number of hydrogen-bond donors (Lipinski definition) is 1. The predicted molar refractivity (Wildman–Crippen MR) is 103 cm³/mol. The smallest absolute Gasteiger partial charge is 0.291 e. The number of hydrogen-bond acceptors (Lipinski definition) is 6. The van der Waals surface area contributed by atoms with E-state index in [1.54, 1.807) is 28.7 Å². The van der Waals surface area contributed by atoms with Gasteiger partial charge in [-0.05, 0) is 30.7 Å². The van der Waals surface area contributed by atoms with Gasteiger partial charge in [0.25, 0.3) is 5.91 Å². The van der Waals surface area contributed by atoms with Crippen LogP contribution in [0.1, 0.15) is 30.3 Å². The fourth-order valence-corrected chi connectivity index (χ4v) is 4.53. The molecule has 1 fully saturated rings. The van der Waals surface area contributed by atoms with Gasteiger partial charge in [0.05, 0.1) is 23.9 Å². The van der Waals surface area contributed by atoms with Crippen LogP contribution in [0, 0.1) is 0 Å². The van der Waals surface area contributed by atoms with E-state index in [1.807, 2.05) is 17.9 Å². The normalized spacial score (nSPS) is 15.7. The lowest BCUT2D eigenvalue weighted by atomic mass is 10.3. The molecule has 1 aliphatic rings. The minimum absolute atomic E-state index is 0.214. The lowest BCUT2D eigenvalue weighted by molar-refractivity contribution is 0.0996. The van der Waals surface area contributed by atoms with Gasteiger partial charge in [-0.1, -0.05) is 13.3 Å². The first kappa shape index (κ1) is 19.4. The molecule has 146 valence electrons. The Morgan fingerprint density at radius 1 is 1.22 bits per heavy atom. The van der Waals surface area contributed by atoms with Gasteiger partial charge in [-0.3, -0.25) is 4.79 Å². The summed E-state index contributed by atoms with van der Waals surface area (Å²) < 4.78 is 31.2. The number of carbonyl (C=O) groups is 1. The first-order valence-corrected chi connectivity index (χ1v) is 10.6. The van der Waals surface area contributed by atoms with Crippen molar-refractivity contribution in [2.45, 2.75) is 19.8 Å². The van der Waals surface area contributed by atoms with Crippen molar-refractivity contribution in [3.63, 3.8) is 0 Å². The highest BCUT2D eigenvalue weighted by Gasteiger charge is 2.26. The van der Waals surface area contributed by atoms with E-state index >= 15 is 0 Å². The second kappa shape index (κ2) is 8.53. The molecule has 8 nitrogen and oxygen atoms in total. The molecular weight excluding hydrogens is 368 g/mol. The predicted octanol–water partition coefficient (Wildman–Crippen LogP) is 2.18. The van der Waals surface area contributed by atoms with Crippen molar-refractivity contribution in [3.8, 4) is 0 Å². The van der Waals surface area contributed by atoms with Crippen molar-refractivity contribution < 1.29 is 17.6 Å². The van der Waals surface area contributed by atoms with Gasteiger partial charge in [-0.25, -0.2) is 13.4 Å². The number of amides is 1. The van der Waals surface area contributed by atoms with E-state index in [0.29, 0.717) is 38.3 Å². The van der Waals surface area contributed by atoms with Gasteiger partial charge in [0, 0.05) is 26.2 Å². The van der Waals surface area contributed by atoms with Crippen LogP contribution >= 0.6 is 0 Å². The van der Waals surface area contributed by atoms with E-state index in [1.165, 1.54) is 6.26 Å². The van der Waals surface area contributed by atoms with Gasteiger partial charge in [0.2, 0.25) is 10.0 Å². The highest BCUT2D eigenvalue weighted by molar-refractivity contribution is 7.89. The summed E-state index contributed by atoms with van der Waals surface area (Å²) in [6.07, 6.45) is 4.58. The number of nitrogens with zero attached hydrogens (tertiary/aromatic N) is 3. The minimum atomic E-state index is -3.16. The molecule has 3 heterocycles. The molecular formula is C18H24N4O4S. The number of furan rings is 1. The Labute approximate surface area is 159 Å². The van der Waals surface area contributed by atoms with Gasteiger partial charge in [0.15, 0.2) is 5.76 Å². The van der Waals surface area contributed by atoms with Crippen LogP contribution in [0.2, 0.25) is 0 Å². The first-order valence-electron chi connectivity index (χ1n) is 9.03. The number of piperazine rings is 1. The molecule has 0 aromatic carbocycles. The zero-order valence-corrected chi connectivity index (χ0v) is 16.1. The number of carbonyl (C=O) groups excluding carboxylic acids is 1. The standard InChI is InChI=1S/C18H24N4O4S/c1-2-3-13-27(24,25)22-10-8-21(9-11-22)17-7-6-15(14-19-17)20-18(23)16-5-4-12-26-16/h4-7,12,14H,2-3,8-11,13H2,1H3,(H,20,23). The van der Waals surface area contributed by atoms with Crippen molar-refractivity contribution in [1.82, 2.24) is 9.29 Å². The Bertz CT molecular complexity index is 842. The van der Waals surface area contributed by atoms with E-state index < -0.39 is 10.0 Å². The maximum absolute atomic E-state index is 12.3. The third-order valence-electron chi connectivity index (χ3n) is 4.46. The molecule has 0 aliphatic carbocycles. The Kier molecular flexibility index (Phi) is 6.12. The number of aromatic nitrogens is 1. The summed E-state index contributed by atoms with van der Waals surface area (Å²) in [5.74, 6) is 0.878.